The summed E-state index contributed by atoms with van der Waals surface area (Å²) in [4.78, 5) is 42.8. The highest BCUT2D eigenvalue weighted by molar-refractivity contribution is 5.98. The first-order valence-corrected chi connectivity index (χ1v) is 13.9. The number of carbonyl (C=O) groups excluding carboxylic acids is 3. The molecule has 1 unspecified atom stereocenters. The number of aliphatic hydroxyl groups is 2. The van der Waals surface area contributed by atoms with Crippen molar-refractivity contribution in [2.75, 3.05) is 13.2 Å². The Kier molecular flexibility index (Phi) is 9.03. The standard InChI is InChI=1S/C30H26F5N5O6/c1-14-17-5-7-23(19(17)4-3-18(14)29(45)46-13-16(42)12-41)39-28(44)25-9-24(38-26-22(32)11-37-40(25)26)27(43)36-10-15-2-6-21(31)20(8-15)30(33,34)35/h2-4,6,8-9,11,16,23,41-42H,5,7,10,12-13H2,1H3,(H,36,43)(H,39,44)/t16?,23-/m0/s1. The van der Waals surface area contributed by atoms with Gasteiger partial charge in [-0.05, 0) is 60.2 Å². The Bertz CT molecular complexity index is 1840. The maximum absolute atomic E-state index is 14.5. The molecule has 0 saturated heterocycles. The first-order valence-electron chi connectivity index (χ1n) is 13.9. The fourth-order valence-corrected chi connectivity index (χ4v) is 5.17. The van der Waals surface area contributed by atoms with Crippen LogP contribution in [-0.2, 0) is 23.9 Å². The number of nitrogens with zero attached hydrogens (tertiary/aromatic N) is 3. The summed E-state index contributed by atoms with van der Waals surface area (Å²) < 4.78 is 73.3. The Balaban J connectivity index is 1.35. The van der Waals surface area contributed by atoms with E-state index >= 15 is 0 Å². The predicted molar refractivity (Wildman–Crippen MR) is 149 cm³/mol. The van der Waals surface area contributed by atoms with Crippen molar-refractivity contribution in [2.24, 2.45) is 0 Å². The first-order chi connectivity index (χ1) is 21.8. The van der Waals surface area contributed by atoms with Gasteiger partial charge in [-0.2, -0.15) is 18.3 Å². The van der Waals surface area contributed by atoms with Crippen LogP contribution in [0.4, 0.5) is 22.0 Å². The third kappa shape index (κ3) is 6.53. The lowest BCUT2D eigenvalue weighted by Crippen LogP contribution is -2.31. The van der Waals surface area contributed by atoms with E-state index in [4.69, 9.17) is 9.84 Å². The lowest BCUT2D eigenvalue weighted by molar-refractivity contribution is -0.140. The molecule has 2 aromatic carbocycles. The van der Waals surface area contributed by atoms with Crippen LogP contribution < -0.4 is 10.6 Å². The van der Waals surface area contributed by atoms with Crippen LogP contribution in [0.15, 0.2) is 42.6 Å². The normalized spacial score (nSPS) is 15.0. The highest BCUT2D eigenvalue weighted by Gasteiger charge is 2.34. The Hall–Kier alpha value is -4.96. The minimum absolute atomic E-state index is 0.0639. The van der Waals surface area contributed by atoms with Gasteiger partial charge in [-0.25, -0.2) is 23.1 Å². The Morgan fingerprint density at radius 1 is 1.11 bits per heavy atom. The topological polar surface area (TPSA) is 155 Å². The highest BCUT2D eigenvalue weighted by Crippen LogP contribution is 2.35. The molecular weight excluding hydrogens is 621 g/mol. The van der Waals surface area contributed by atoms with Crippen molar-refractivity contribution in [3.8, 4) is 0 Å². The molecule has 0 bridgehead atoms. The molecule has 46 heavy (non-hydrogen) atoms. The largest absolute Gasteiger partial charge is 0.459 e. The molecule has 16 heteroatoms. The van der Waals surface area contributed by atoms with E-state index in [1.807, 2.05) is 0 Å². The van der Waals surface area contributed by atoms with Crippen LogP contribution in [0.1, 0.15) is 71.6 Å². The van der Waals surface area contributed by atoms with Gasteiger partial charge < -0.3 is 25.6 Å². The fraction of sp³-hybridized carbons (Fsp3) is 0.300. The zero-order valence-corrected chi connectivity index (χ0v) is 24.0. The van der Waals surface area contributed by atoms with Crippen molar-refractivity contribution in [1.29, 1.82) is 0 Å². The lowest BCUT2D eigenvalue weighted by atomic mass is 9.98. The smallest absolute Gasteiger partial charge is 0.419 e. The summed E-state index contributed by atoms with van der Waals surface area (Å²) >= 11 is 0. The van der Waals surface area contributed by atoms with Crippen molar-refractivity contribution in [3.63, 3.8) is 0 Å². The Morgan fingerprint density at radius 2 is 1.87 bits per heavy atom. The van der Waals surface area contributed by atoms with Gasteiger partial charge in [0.25, 0.3) is 11.8 Å². The van der Waals surface area contributed by atoms with Gasteiger partial charge in [0, 0.05) is 12.6 Å². The van der Waals surface area contributed by atoms with Gasteiger partial charge in [-0.3, -0.25) is 9.59 Å². The summed E-state index contributed by atoms with van der Waals surface area (Å²) in [5, 5.41) is 27.4. The summed E-state index contributed by atoms with van der Waals surface area (Å²) in [5.41, 5.74) is -0.322. The predicted octanol–water partition coefficient (Wildman–Crippen LogP) is 3.19. The molecule has 0 spiro atoms. The van der Waals surface area contributed by atoms with Crippen molar-refractivity contribution in [3.05, 3.63) is 99.0 Å². The molecule has 0 saturated carbocycles. The number of carbonyl (C=O) groups is 3. The second-order valence-electron chi connectivity index (χ2n) is 10.6. The van der Waals surface area contributed by atoms with E-state index in [2.05, 4.69) is 20.7 Å². The molecule has 2 heterocycles. The first kappa shape index (κ1) is 32.4. The number of ether oxygens (including phenoxy) is 1. The van der Waals surface area contributed by atoms with Gasteiger partial charge in [0.15, 0.2) is 11.5 Å². The van der Waals surface area contributed by atoms with Crippen LogP contribution >= 0.6 is 0 Å². The molecule has 2 aromatic heterocycles. The average molecular weight is 648 g/mol. The number of aliphatic hydroxyl groups excluding tert-OH is 2. The molecule has 0 aliphatic heterocycles. The number of rotatable bonds is 9. The molecule has 1 aliphatic rings. The number of esters is 1. The minimum atomic E-state index is -4.95. The molecular formula is C30H26F5N5O6. The number of aromatic nitrogens is 3. The number of alkyl halides is 3. The van der Waals surface area contributed by atoms with Crippen molar-refractivity contribution in [1.82, 2.24) is 25.2 Å². The zero-order chi connectivity index (χ0) is 33.3. The highest BCUT2D eigenvalue weighted by atomic mass is 19.4. The van der Waals surface area contributed by atoms with E-state index in [1.165, 1.54) is 6.07 Å². The molecule has 4 aromatic rings. The number of hydrogen-bond donors (Lipinski definition) is 4. The third-order valence-electron chi connectivity index (χ3n) is 7.52. The molecule has 0 fully saturated rings. The average Bonchev–Trinajstić information content (AvgIpc) is 3.61. The van der Waals surface area contributed by atoms with Crippen molar-refractivity contribution in [2.45, 2.75) is 44.6 Å². The lowest BCUT2D eigenvalue weighted by Gasteiger charge is -2.17. The van der Waals surface area contributed by atoms with Crippen LogP contribution in [0.5, 0.6) is 0 Å². The summed E-state index contributed by atoms with van der Waals surface area (Å²) in [7, 11) is 0. The van der Waals surface area contributed by atoms with Gasteiger partial charge in [0.2, 0.25) is 0 Å². The van der Waals surface area contributed by atoms with Gasteiger partial charge in [-0.1, -0.05) is 12.1 Å². The van der Waals surface area contributed by atoms with E-state index in [1.54, 1.807) is 13.0 Å². The Morgan fingerprint density at radius 3 is 2.59 bits per heavy atom. The second kappa shape index (κ2) is 12.8. The monoisotopic (exact) mass is 647 g/mol. The number of hydrogen-bond acceptors (Lipinski definition) is 8. The molecule has 242 valence electrons. The molecule has 2 atom stereocenters. The fourth-order valence-electron chi connectivity index (χ4n) is 5.17. The van der Waals surface area contributed by atoms with Gasteiger partial charge in [-0.15, -0.1) is 0 Å². The van der Waals surface area contributed by atoms with Crippen molar-refractivity contribution >= 4 is 23.4 Å². The summed E-state index contributed by atoms with van der Waals surface area (Å²) in [6.07, 6.45) is -4.44. The van der Waals surface area contributed by atoms with Gasteiger partial charge >= 0.3 is 12.1 Å². The van der Waals surface area contributed by atoms with E-state index in [9.17, 15) is 41.4 Å². The summed E-state index contributed by atoms with van der Waals surface area (Å²) in [6, 6.07) is 5.91. The zero-order valence-electron chi connectivity index (χ0n) is 24.0. The molecule has 11 nitrogen and oxygen atoms in total. The van der Waals surface area contributed by atoms with Crippen LogP contribution in [0.25, 0.3) is 5.65 Å². The molecule has 0 radical (unpaired) electrons. The van der Waals surface area contributed by atoms with E-state index in [0.29, 0.717) is 36.1 Å². The second-order valence-corrected chi connectivity index (χ2v) is 10.6. The molecule has 5 rings (SSSR count). The number of benzene rings is 2. The van der Waals surface area contributed by atoms with Gasteiger partial charge in [0.1, 0.15) is 29.9 Å². The maximum atomic E-state index is 14.5. The maximum Gasteiger partial charge on any atom is 0.419 e. The van der Waals surface area contributed by atoms with Crippen molar-refractivity contribution < 1.29 is 51.3 Å². The van der Waals surface area contributed by atoms with Gasteiger partial charge in [0.05, 0.1) is 30.0 Å². The number of halogens is 5. The quantitative estimate of drug-likeness (QED) is 0.160. The SMILES string of the molecule is Cc1c(C(=O)OCC(O)CO)ccc2c1CC[C@@H]2NC(=O)c1cc(C(=O)NCc2ccc(F)c(C(F)(F)F)c2)nc2c(F)cnn12. The number of fused-ring (bicyclic) bond motifs is 2. The van der Waals surface area contributed by atoms with E-state index in [-0.39, 0.29) is 23.4 Å². The van der Waals surface area contributed by atoms with E-state index < -0.39 is 77.8 Å². The van der Waals surface area contributed by atoms with Crippen LogP contribution in [-0.4, -0.2) is 61.9 Å². The number of nitrogens with one attached hydrogen (secondary N) is 2. The summed E-state index contributed by atoms with van der Waals surface area (Å²) in [5.74, 6) is -4.78. The molecule has 2 amide bonds. The summed E-state index contributed by atoms with van der Waals surface area (Å²) in [6.45, 7) is 0.307. The van der Waals surface area contributed by atoms with Crippen LogP contribution in [0.2, 0.25) is 0 Å². The number of amides is 2. The minimum Gasteiger partial charge on any atom is -0.459 e. The van der Waals surface area contributed by atoms with E-state index in [0.717, 1.165) is 28.4 Å². The molecule has 4 N–H and O–H groups in total. The third-order valence-corrected chi connectivity index (χ3v) is 7.52. The van der Waals surface area contributed by atoms with Crippen LogP contribution in [0, 0.1) is 18.6 Å². The molecule has 1 aliphatic carbocycles. The van der Waals surface area contributed by atoms with Crippen LogP contribution in [0.3, 0.4) is 0 Å². The Labute approximate surface area is 257 Å².